The van der Waals surface area contributed by atoms with E-state index in [0.29, 0.717) is 0 Å². The molecule has 9 rings (SSSR count). The number of hydrogen-bond acceptors (Lipinski definition) is 1. The number of pyridine rings is 1. The van der Waals surface area contributed by atoms with Crippen molar-refractivity contribution >= 4 is 55.3 Å². The number of aromatic nitrogens is 3. The van der Waals surface area contributed by atoms with Crippen molar-refractivity contribution in [2.75, 3.05) is 0 Å². The molecule has 3 heteroatoms. The minimum Gasteiger partial charge on any atom is -0.313 e. The van der Waals surface area contributed by atoms with Crippen molar-refractivity contribution in [1.82, 2.24) is 14.1 Å². The quantitative estimate of drug-likeness (QED) is 0.217. The van der Waals surface area contributed by atoms with Gasteiger partial charge in [-0.25, -0.2) is 0 Å². The van der Waals surface area contributed by atoms with Gasteiger partial charge in [0.15, 0.2) is 0 Å². The molecule has 5 aromatic carbocycles. The zero-order valence-corrected chi connectivity index (χ0v) is 21.9. The number of fused-ring (bicyclic) bond motifs is 3. The van der Waals surface area contributed by atoms with E-state index in [2.05, 4.69) is 123 Å². The van der Waals surface area contributed by atoms with Crippen LogP contribution < -0.4 is 0 Å². The van der Waals surface area contributed by atoms with Crippen molar-refractivity contribution in [1.29, 1.82) is 0 Å². The van der Waals surface area contributed by atoms with Gasteiger partial charge in [0.25, 0.3) is 0 Å². The molecule has 0 fully saturated rings. The maximum atomic E-state index is 4.41. The van der Waals surface area contributed by atoms with Crippen LogP contribution in [0.1, 0.15) is 17.7 Å². The number of rotatable bonds is 3. The van der Waals surface area contributed by atoms with Gasteiger partial charge in [-0.1, -0.05) is 66.7 Å². The highest BCUT2D eigenvalue weighted by Gasteiger charge is 2.24. The van der Waals surface area contributed by atoms with Crippen LogP contribution in [0, 0.1) is 0 Å². The van der Waals surface area contributed by atoms with Crippen LogP contribution in [-0.4, -0.2) is 14.1 Å². The third kappa shape index (κ3) is 2.97. The molecule has 0 unspecified atom stereocenters. The summed E-state index contributed by atoms with van der Waals surface area (Å²) in [5.41, 5.74) is 11.5. The van der Waals surface area contributed by atoms with Crippen LogP contribution in [0.25, 0.3) is 72.1 Å². The maximum Gasteiger partial charge on any atom is 0.0550 e. The van der Waals surface area contributed by atoms with E-state index in [-0.39, 0.29) is 0 Å². The first-order valence-corrected chi connectivity index (χ1v) is 13.9. The smallest absolute Gasteiger partial charge is 0.0550 e. The average molecular weight is 512 g/mol. The van der Waals surface area contributed by atoms with Gasteiger partial charge in [0.05, 0.1) is 16.6 Å². The van der Waals surface area contributed by atoms with E-state index in [0.717, 1.165) is 18.4 Å². The fourth-order valence-electron chi connectivity index (χ4n) is 6.96. The zero-order valence-electron chi connectivity index (χ0n) is 21.9. The van der Waals surface area contributed by atoms with Gasteiger partial charge < -0.3 is 9.13 Å². The molecule has 0 radical (unpaired) electrons. The SMILES string of the molecule is C1=C(n2c3cccc4ccc5cc(-c6cccnc6)cc2c5c43)CCc2c1c1ccccc1n2-c1ccccc1. The molecule has 0 saturated heterocycles. The van der Waals surface area contributed by atoms with Gasteiger partial charge in [-0.2, -0.15) is 0 Å². The van der Waals surface area contributed by atoms with Crippen LogP contribution in [-0.2, 0) is 6.42 Å². The van der Waals surface area contributed by atoms with E-state index < -0.39 is 0 Å². The molecule has 0 amide bonds. The minimum absolute atomic E-state index is 0.971. The molecule has 40 heavy (non-hydrogen) atoms. The molecule has 1 aliphatic rings. The summed E-state index contributed by atoms with van der Waals surface area (Å²) in [4.78, 5) is 4.41. The predicted molar refractivity (Wildman–Crippen MR) is 167 cm³/mol. The first-order chi connectivity index (χ1) is 19.8. The summed E-state index contributed by atoms with van der Waals surface area (Å²) >= 11 is 0. The molecule has 0 aliphatic heterocycles. The molecule has 0 bridgehead atoms. The Hall–Kier alpha value is -5.15. The third-order valence-electron chi connectivity index (χ3n) is 8.64. The predicted octanol–water partition coefficient (Wildman–Crippen LogP) is 9.34. The van der Waals surface area contributed by atoms with E-state index in [4.69, 9.17) is 0 Å². The van der Waals surface area contributed by atoms with Crippen molar-refractivity contribution in [2.45, 2.75) is 12.8 Å². The largest absolute Gasteiger partial charge is 0.313 e. The lowest BCUT2D eigenvalue weighted by Gasteiger charge is -2.20. The van der Waals surface area contributed by atoms with E-state index in [1.54, 1.807) is 0 Å². The van der Waals surface area contributed by atoms with Gasteiger partial charge in [0, 0.05) is 56.8 Å². The molecular formula is C37H25N3. The van der Waals surface area contributed by atoms with E-state index >= 15 is 0 Å². The van der Waals surface area contributed by atoms with E-state index in [1.165, 1.54) is 71.7 Å². The zero-order chi connectivity index (χ0) is 26.2. The Balaban J connectivity index is 1.35. The third-order valence-corrected chi connectivity index (χ3v) is 8.64. The van der Waals surface area contributed by atoms with Crippen LogP contribution in [0.4, 0.5) is 0 Å². The highest BCUT2D eigenvalue weighted by atomic mass is 15.0. The fraction of sp³-hybridized carbons (Fsp3) is 0.0541. The molecule has 8 aromatic rings. The summed E-state index contributed by atoms with van der Waals surface area (Å²) < 4.78 is 4.99. The van der Waals surface area contributed by atoms with Gasteiger partial charge >= 0.3 is 0 Å². The molecular weight excluding hydrogens is 486 g/mol. The Morgan fingerprint density at radius 3 is 2.30 bits per heavy atom. The topological polar surface area (TPSA) is 22.8 Å². The van der Waals surface area contributed by atoms with Gasteiger partial charge in [-0.15, -0.1) is 0 Å². The van der Waals surface area contributed by atoms with Crippen molar-refractivity contribution in [3.63, 3.8) is 0 Å². The Morgan fingerprint density at radius 2 is 1.40 bits per heavy atom. The summed E-state index contributed by atoms with van der Waals surface area (Å²) in [7, 11) is 0. The van der Waals surface area contributed by atoms with Crippen molar-refractivity contribution in [2.24, 2.45) is 0 Å². The molecule has 0 atom stereocenters. The van der Waals surface area contributed by atoms with Crippen LogP contribution in [0.5, 0.6) is 0 Å². The lowest BCUT2D eigenvalue weighted by molar-refractivity contribution is 0.873. The summed E-state index contributed by atoms with van der Waals surface area (Å²) in [6.45, 7) is 0. The molecule has 3 aromatic heterocycles. The Kier molecular flexibility index (Phi) is 4.44. The number of benzene rings is 5. The first kappa shape index (κ1) is 21.7. The van der Waals surface area contributed by atoms with Crippen LogP contribution >= 0.6 is 0 Å². The summed E-state index contributed by atoms with van der Waals surface area (Å²) in [6, 6.07) is 39.7. The second-order valence-corrected chi connectivity index (χ2v) is 10.8. The average Bonchev–Trinajstić information content (AvgIpc) is 3.54. The van der Waals surface area contributed by atoms with Crippen molar-refractivity contribution in [3.05, 3.63) is 133 Å². The second-order valence-electron chi connectivity index (χ2n) is 10.8. The minimum atomic E-state index is 0.971. The van der Waals surface area contributed by atoms with E-state index in [1.807, 2.05) is 18.5 Å². The monoisotopic (exact) mass is 511 g/mol. The van der Waals surface area contributed by atoms with Gasteiger partial charge in [-0.05, 0) is 77.7 Å². The second kappa shape index (κ2) is 8.17. The maximum absolute atomic E-state index is 4.41. The molecule has 0 spiro atoms. The summed E-state index contributed by atoms with van der Waals surface area (Å²) in [5, 5.41) is 6.57. The highest BCUT2D eigenvalue weighted by molar-refractivity contribution is 6.25. The molecule has 3 heterocycles. The van der Waals surface area contributed by atoms with Crippen LogP contribution in [0.15, 0.2) is 122 Å². The number of para-hydroxylation sites is 2. The standard InChI is InChI=1S/C37H25N3/c1-2-10-28(11-3-1)39-32-13-5-4-12-30(32)31-22-29(17-18-33(31)39)40-34-14-6-8-24-15-16-25-20-27(26-9-7-19-38-23-26)21-35(40)37(25)36(24)34/h1-16,19-23H,17-18H2. The highest BCUT2D eigenvalue weighted by Crippen LogP contribution is 2.44. The summed E-state index contributed by atoms with van der Waals surface area (Å²) in [6.07, 6.45) is 8.21. The van der Waals surface area contributed by atoms with Crippen LogP contribution in [0.3, 0.4) is 0 Å². The number of nitrogens with zero attached hydrogens (tertiary/aromatic N) is 3. The normalized spacial score (nSPS) is 13.4. The molecule has 1 aliphatic carbocycles. The van der Waals surface area contributed by atoms with Gasteiger partial charge in [0.2, 0.25) is 0 Å². The molecule has 188 valence electrons. The van der Waals surface area contributed by atoms with Crippen LogP contribution in [0.2, 0.25) is 0 Å². The fourth-order valence-corrected chi connectivity index (χ4v) is 6.96. The first-order valence-electron chi connectivity index (χ1n) is 13.9. The Labute approximate surface area is 231 Å². The molecule has 0 saturated carbocycles. The van der Waals surface area contributed by atoms with Crippen molar-refractivity contribution < 1.29 is 0 Å². The van der Waals surface area contributed by atoms with Gasteiger partial charge in [-0.3, -0.25) is 4.98 Å². The lowest BCUT2D eigenvalue weighted by Crippen LogP contribution is -2.08. The molecule has 3 nitrogen and oxygen atoms in total. The lowest BCUT2D eigenvalue weighted by atomic mass is 9.98. The van der Waals surface area contributed by atoms with Crippen molar-refractivity contribution in [3.8, 4) is 16.8 Å². The van der Waals surface area contributed by atoms with Gasteiger partial charge in [0.1, 0.15) is 0 Å². The summed E-state index contributed by atoms with van der Waals surface area (Å²) in [5.74, 6) is 0. The van der Waals surface area contributed by atoms with E-state index in [9.17, 15) is 0 Å². The Morgan fingerprint density at radius 1 is 0.575 bits per heavy atom. The number of hydrogen-bond donors (Lipinski definition) is 0. The Bertz CT molecular complexity index is 2250. The molecule has 0 N–H and O–H groups in total. The number of allylic oxidation sites excluding steroid dienone is 1.